The second kappa shape index (κ2) is 7.45. The number of sulfonamides is 1. The van der Waals surface area contributed by atoms with Crippen LogP contribution in [0.4, 0.5) is 5.69 Å². The zero-order valence-electron chi connectivity index (χ0n) is 12.4. The maximum atomic E-state index is 12.4. The van der Waals surface area contributed by atoms with Crippen molar-refractivity contribution in [3.8, 4) is 0 Å². The Hall–Kier alpha value is -1.33. The van der Waals surface area contributed by atoms with E-state index in [1.54, 1.807) is 6.07 Å². The van der Waals surface area contributed by atoms with Crippen LogP contribution in [-0.4, -0.2) is 15.0 Å². The molecule has 1 aromatic rings. The standard InChI is InChI=1S/C15H24N2O2S/c1-4-7-8-9-17-20(18,19)15-11-12(5-2)10-14(16)13(15)6-3/h4,7,10-11,17H,5-6,8-9,16H2,1-3H3/b7-4+. The number of nitrogen functional groups attached to an aromatic ring is 1. The topological polar surface area (TPSA) is 72.2 Å². The molecule has 0 fully saturated rings. The molecule has 0 aromatic heterocycles. The molecule has 0 atom stereocenters. The van der Waals surface area contributed by atoms with Gasteiger partial charge >= 0.3 is 0 Å². The van der Waals surface area contributed by atoms with Crippen molar-refractivity contribution < 1.29 is 8.42 Å². The molecule has 0 spiro atoms. The summed E-state index contributed by atoms with van der Waals surface area (Å²) in [5.41, 5.74) is 8.17. The van der Waals surface area contributed by atoms with Crippen LogP contribution < -0.4 is 10.5 Å². The summed E-state index contributed by atoms with van der Waals surface area (Å²) in [4.78, 5) is 0.317. The molecular formula is C15H24N2O2S. The minimum atomic E-state index is -3.50. The van der Waals surface area contributed by atoms with Gasteiger partial charge in [0.15, 0.2) is 0 Å². The molecule has 0 radical (unpaired) electrons. The lowest BCUT2D eigenvalue weighted by molar-refractivity contribution is 0.581. The molecule has 0 aliphatic carbocycles. The molecule has 0 bridgehead atoms. The summed E-state index contributed by atoms with van der Waals surface area (Å²) < 4.78 is 27.4. The highest BCUT2D eigenvalue weighted by Gasteiger charge is 2.19. The summed E-state index contributed by atoms with van der Waals surface area (Å²) in [7, 11) is -3.50. The summed E-state index contributed by atoms with van der Waals surface area (Å²) in [6.45, 7) is 6.20. The van der Waals surface area contributed by atoms with Gasteiger partial charge < -0.3 is 5.73 Å². The number of nitrogens with one attached hydrogen (secondary N) is 1. The maximum absolute atomic E-state index is 12.4. The molecule has 4 nitrogen and oxygen atoms in total. The summed E-state index contributed by atoms with van der Waals surface area (Å²) in [6, 6.07) is 3.59. The number of anilines is 1. The van der Waals surface area contributed by atoms with Crippen LogP contribution in [0.25, 0.3) is 0 Å². The lowest BCUT2D eigenvalue weighted by Crippen LogP contribution is -2.26. The molecule has 0 heterocycles. The second-order valence-corrected chi connectivity index (χ2v) is 6.36. The molecule has 0 amide bonds. The van der Waals surface area contributed by atoms with Gasteiger partial charge in [-0.05, 0) is 49.4 Å². The van der Waals surface area contributed by atoms with Crippen LogP contribution in [0, 0.1) is 0 Å². The van der Waals surface area contributed by atoms with Gasteiger partial charge in [-0.1, -0.05) is 26.0 Å². The maximum Gasteiger partial charge on any atom is 0.240 e. The summed E-state index contributed by atoms with van der Waals surface area (Å²) in [6.07, 6.45) is 5.87. The van der Waals surface area contributed by atoms with E-state index in [9.17, 15) is 8.42 Å². The Morgan fingerprint density at radius 1 is 1.25 bits per heavy atom. The van der Waals surface area contributed by atoms with Crippen LogP contribution in [0.5, 0.6) is 0 Å². The molecule has 0 saturated heterocycles. The molecule has 0 unspecified atom stereocenters. The first-order chi connectivity index (χ1) is 9.46. The van der Waals surface area contributed by atoms with Gasteiger partial charge in [0, 0.05) is 12.2 Å². The number of hydrogen-bond acceptors (Lipinski definition) is 3. The minimum Gasteiger partial charge on any atom is -0.398 e. The van der Waals surface area contributed by atoms with Gasteiger partial charge in [-0.3, -0.25) is 0 Å². The minimum absolute atomic E-state index is 0.317. The fraction of sp³-hybridized carbons (Fsp3) is 0.467. The largest absolute Gasteiger partial charge is 0.398 e. The van der Waals surface area contributed by atoms with Crippen LogP contribution in [0.2, 0.25) is 0 Å². The molecule has 3 N–H and O–H groups in total. The van der Waals surface area contributed by atoms with Gasteiger partial charge in [0.2, 0.25) is 10.0 Å². The van der Waals surface area contributed by atoms with Crippen molar-refractivity contribution in [1.82, 2.24) is 4.72 Å². The molecular weight excluding hydrogens is 272 g/mol. The average molecular weight is 296 g/mol. The van der Waals surface area contributed by atoms with Gasteiger partial charge in [0.1, 0.15) is 0 Å². The quantitative estimate of drug-likeness (QED) is 0.461. The molecule has 1 rings (SSSR count). The molecule has 20 heavy (non-hydrogen) atoms. The molecule has 1 aromatic carbocycles. The molecule has 5 heteroatoms. The predicted molar refractivity (Wildman–Crippen MR) is 84.2 cm³/mol. The smallest absolute Gasteiger partial charge is 0.240 e. The Kier molecular flexibility index (Phi) is 6.23. The summed E-state index contributed by atoms with van der Waals surface area (Å²) in [5, 5.41) is 0. The van der Waals surface area contributed by atoms with Crippen molar-refractivity contribution in [2.45, 2.75) is 44.9 Å². The zero-order valence-corrected chi connectivity index (χ0v) is 13.3. The first kappa shape index (κ1) is 16.7. The Morgan fingerprint density at radius 2 is 1.95 bits per heavy atom. The van der Waals surface area contributed by atoms with Crippen molar-refractivity contribution in [2.75, 3.05) is 12.3 Å². The van der Waals surface area contributed by atoms with E-state index in [-0.39, 0.29) is 0 Å². The summed E-state index contributed by atoms with van der Waals surface area (Å²) >= 11 is 0. The number of allylic oxidation sites excluding steroid dienone is 1. The number of rotatable bonds is 7. The van der Waals surface area contributed by atoms with Crippen LogP contribution in [0.3, 0.4) is 0 Å². The Labute approximate surface area is 122 Å². The third-order valence-electron chi connectivity index (χ3n) is 3.19. The van der Waals surface area contributed by atoms with Crippen molar-refractivity contribution >= 4 is 15.7 Å². The van der Waals surface area contributed by atoms with Crippen LogP contribution in [-0.2, 0) is 22.9 Å². The van der Waals surface area contributed by atoms with Gasteiger partial charge in [-0.2, -0.15) is 0 Å². The Balaban J connectivity index is 3.12. The molecule has 0 aliphatic rings. The number of nitrogens with two attached hydrogens (primary N) is 1. The number of hydrogen-bond donors (Lipinski definition) is 2. The van der Waals surface area contributed by atoms with E-state index in [2.05, 4.69) is 4.72 Å². The Bertz CT molecular complexity index is 578. The van der Waals surface area contributed by atoms with Crippen LogP contribution >= 0.6 is 0 Å². The van der Waals surface area contributed by atoms with E-state index in [0.717, 1.165) is 12.0 Å². The highest BCUT2D eigenvalue weighted by Crippen LogP contribution is 2.25. The van der Waals surface area contributed by atoms with Gasteiger partial charge in [-0.25, -0.2) is 13.1 Å². The van der Waals surface area contributed by atoms with E-state index < -0.39 is 10.0 Å². The fourth-order valence-electron chi connectivity index (χ4n) is 2.07. The molecule has 112 valence electrons. The van der Waals surface area contributed by atoms with E-state index in [0.29, 0.717) is 35.5 Å². The molecule has 0 aliphatic heterocycles. The third-order valence-corrected chi connectivity index (χ3v) is 4.72. The van der Waals surface area contributed by atoms with E-state index in [4.69, 9.17) is 5.73 Å². The normalized spacial score (nSPS) is 12.2. The van der Waals surface area contributed by atoms with Gasteiger partial charge in [0.25, 0.3) is 0 Å². The third kappa shape index (κ3) is 4.08. The van der Waals surface area contributed by atoms with E-state index >= 15 is 0 Å². The molecule has 0 saturated carbocycles. The van der Waals surface area contributed by atoms with E-state index in [1.807, 2.05) is 39.0 Å². The average Bonchev–Trinajstić information content (AvgIpc) is 2.42. The predicted octanol–water partition coefficient (Wildman–Crippen LogP) is 2.64. The highest BCUT2D eigenvalue weighted by molar-refractivity contribution is 7.89. The monoisotopic (exact) mass is 296 g/mol. The first-order valence-corrected chi connectivity index (χ1v) is 8.46. The van der Waals surface area contributed by atoms with E-state index in [1.165, 1.54) is 0 Å². The fourth-order valence-corrected chi connectivity index (χ4v) is 3.50. The highest BCUT2D eigenvalue weighted by atomic mass is 32.2. The second-order valence-electron chi connectivity index (χ2n) is 4.62. The SMILES string of the molecule is C/C=C/CCNS(=O)(=O)c1cc(CC)cc(N)c1CC. The number of benzene rings is 1. The van der Waals surface area contributed by atoms with Crippen molar-refractivity contribution in [1.29, 1.82) is 0 Å². The lowest BCUT2D eigenvalue weighted by atomic mass is 10.1. The summed E-state index contributed by atoms with van der Waals surface area (Å²) in [5.74, 6) is 0. The van der Waals surface area contributed by atoms with Gasteiger partial charge in [-0.15, -0.1) is 0 Å². The van der Waals surface area contributed by atoms with Gasteiger partial charge in [0.05, 0.1) is 4.90 Å². The number of aryl methyl sites for hydroxylation is 1. The lowest BCUT2D eigenvalue weighted by Gasteiger charge is -2.14. The van der Waals surface area contributed by atoms with Crippen molar-refractivity contribution in [3.63, 3.8) is 0 Å². The zero-order chi connectivity index (χ0) is 15.2. The first-order valence-electron chi connectivity index (χ1n) is 6.98. The Morgan fingerprint density at radius 3 is 2.50 bits per heavy atom. The van der Waals surface area contributed by atoms with Crippen molar-refractivity contribution in [3.05, 3.63) is 35.4 Å². The van der Waals surface area contributed by atoms with Crippen molar-refractivity contribution in [2.24, 2.45) is 0 Å². The van der Waals surface area contributed by atoms with Crippen LogP contribution in [0.1, 0.15) is 38.3 Å². The van der Waals surface area contributed by atoms with Crippen LogP contribution in [0.15, 0.2) is 29.2 Å².